The molecule has 0 heterocycles. The molecule has 1 aromatic carbocycles. The maximum Gasteiger partial charge on any atom is 0.534 e. The molecule has 1 atom stereocenters. The summed E-state index contributed by atoms with van der Waals surface area (Å²) in [5.41, 5.74) is -4.55. The lowest BCUT2D eigenvalue weighted by Crippen LogP contribution is -2.31. The Bertz CT molecular complexity index is 812. The maximum absolute atomic E-state index is 12.6. The SMILES string of the molecule is CCOC(=O)C1CCC(C)(C)c2cc(OS(=O)(=O)C(F)(F)F)c(C)cc21. The van der Waals surface area contributed by atoms with Crippen molar-refractivity contribution in [1.82, 2.24) is 0 Å². The summed E-state index contributed by atoms with van der Waals surface area (Å²) in [6.07, 6.45) is 1.14. The Morgan fingerprint density at radius 3 is 2.46 bits per heavy atom. The van der Waals surface area contributed by atoms with Gasteiger partial charge in [0.25, 0.3) is 0 Å². The third kappa shape index (κ3) is 3.82. The molecule has 0 saturated carbocycles. The first-order chi connectivity index (χ1) is 11.8. The summed E-state index contributed by atoms with van der Waals surface area (Å²) in [4.78, 5) is 12.2. The Kier molecular flexibility index (Phi) is 5.34. The summed E-state index contributed by atoms with van der Waals surface area (Å²) >= 11 is 0. The third-order valence-electron chi connectivity index (χ3n) is 4.56. The van der Waals surface area contributed by atoms with E-state index in [1.807, 2.05) is 13.8 Å². The van der Waals surface area contributed by atoms with Gasteiger partial charge in [0.1, 0.15) is 5.75 Å². The molecule has 26 heavy (non-hydrogen) atoms. The molecule has 2 rings (SSSR count). The van der Waals surface area contributed by atoms with Crippen LogP contribution < -0.4 is 4.18 Å². The number of carbonyl (C=O) groups is 1. The van der Waals surface area contributed by atoms with Gasteiger partial charge in [-0.2, -0.15) is 21.6 Å². The highest BCUT2D eigenvalue weighted by Gasteiger charge is 2.49. The highest BCUT2D eigenvalue weighted by Crippen LogP contribution is 2.45. The average molecular weight is 394 g/mol. The van der Waals surface area contributed by atoms with Crippen LogP contribution in [-0.4, -0.2) is 26.5 Å². The molecule has 146 valence electrons. The van der Waals surface area contributed by atoms with Gasteiger partial charge in [-0.1, -0.05) is 19.9 Å². The van der Waals surface area contributed by atoms with Gasteiger partial charge in [-0.3, -0.25) is 4.79 Å². The van der Waals surface area contributed by atoms with Crippen molar-refractivity contribution in [2.75, 3.05) is 6.61 Å². The van der Waals surface area contributed by atoms with Crippen molar-refractivity contribution in [3.8, 4) is 5.75 Å². The number of hydrogen-bond donors (Lipinski definition) is 0. The first kappa shape index (κ1) is 20.5. The molecule has 0 spiro atoms. The van der Waals surface area contributed by atoms with E-state index in [2.05, 4.69) is 4.18 Å². The molecule has 1 aliphatic rings. The fourth-order valence-corrected chi connectivity index (χ4v) is 3.63. The quantitative estimate of drug-likeness (QED) is 0.440. The molecule has 1 unspecified atom stereocenters. The Morgan fingerprint density at radius 2 is 1.92 bits per heavy atom. The van der Waals surface area contributed by atoms with E-state index < -0.39 is 38.7 Å². The second kappa shape index (κ2) is 6.75. The van der Waals surface area contributed by atoms with Gasteiger partial charge >= 0.3 is 21.6 Å². The second-order valence-corrected chi connectivity index (χ2v) is 8.45. The number of hydrogen-bond acceptors (Lipinski definition) is 5. The van der Waals surface area contributed by atoms with Gasteiger partial charge in [0.05, 0.1) is 12.5 Å². The van der Waals surface area contributed by atoms with Gasteiger partial charge in [-0.15, -0.1) is 0 Å². The van der Waals surface area contributed by atoms with Crippen LogP contribution in [0.2, 0.25) is 0 Å². The first-order valence-corrected chi connectivity index (χ1v) is 9.53. The van der Waals surface area contributed by atoms with Crippen molar-refractivity contribution < 1.29 is 35.3 Å². The number of rotatable bonds is 4. The van der Waals surface area contributed by atoms with Gasteiger partial charge in [-0.05, 0) is 54.9 Å². The zero-order chi connectivity index (χ0) is 19.9. The standard InChI is InChI=1S/C17H21F3O5S/c1-5-24-15(21)11-6-7-16(3,4)13-9-14(10(2)8-12(11)13)25-26(22,23)17(18,19)20/h8-9,11H,5-7H2,1-4H3. The predicted molar refractivity (Wildman–Crippen MR) is 88.4 cm³/mol. The van der Waals surface area contributed by atoms with Gasteiger partial charge < -0.3 is 8.92 Å². The summed E-state index contributed by atoms with van der Waals surface area (Å²) < 4.78 is 70.0. The third-order valence-corrected chi connectivity index (χ3v) is 5.53. The molecule has 5 nitrogen and oxygen atoms in total. The molecule has 1 aromatic rings. The van der Waals surface area contributed by atoms with Crippen LogP contribution in [0.3, 0.4) is 0 Å². The van der Waals surface area contributed by atoms with Crippen LogP contribution in [0.15, 0.2) is 12.1 Å². The summed E-state index contributed by atoms with van der Waals surface area (Å²) in [5.74, 6) is -1.33. The normalized spacial score (nSPS) is 19.6. The molecule has 9 heteroatoms. The largest absolute Gasteiger partial charge is 0.534 e. The minimum Gasteiger partial charge on any atom is -0.466 e. The highest BCUT2D eigenvalue weighted by molar-refractivity contribution is 7.88. The number of carbonyl (C=O) groups excluding carboxylic acids is 1. The first-order valence-electron chi connectivity index (χ1n) is 8.12. The topological polar surface area (TPSA) is 69.7 Å². The number of ether oxygens (including phenoxy) is 1. The Hall–Kier alpha value is -1.77. The van der Waals surface area contributed by atoms with E-state index in [0.29, 0.717) is 24.0 Å². The molecule has 0 saturated heterocycles. The smallest absolute Gasteiger partial charge is 0.466 e. The highest BCUT2D eigenvalue weighted by atomic mass is 32.2. The minimum atomic E-state index is -5.77. The van der Waals surface area contributed by atoms with Gasteiger partial charge in [-0.25, -0.2) is 0 Å². The second-order valence-electron chi connectivity index (χ2n) is 6.92. The van der Waals surface area contributed by atoms with Gasteiger partial charge in [0.2, 0.25) is 0 Å². The van der Waals surface area contributed by atoms with Crippen LogP contribution in [0, 0.1) is 6.92 Å². The lowest BCUT2D eigenvalue weighted by molar-refractivity contribution is -0.145. The van der Waals surface area contributed by atoms with Crippen LogP contribution in [0.5, 0.6) is 5.75 Å². The van der Waals surface area contributed by atoms with E-state index in [1.54, 1.807) is 6.92 Å². The van der Waals surface area contributed by atoms with Crippen molar-refractivity contribution in [3.63, 3.8) is 0 Å². The average Bonchev–Trinajstić information content (AvgIpc) is 2.47. The molecular weight excluding hydrogens is 373 g/mol. The fourth-order valence-electron chi connectivity index (χ4n) is 3.12. The lowest BCUT2D eigenvalue weighted by Gasteiger charge is -2.36. The van der Waals surface area contributed by atoms with E-state index >= 15 is 0 Å². The number of benzene rings is 1. The monoisotopic (exact) mass is 394 g/mol. The lowest BCUT2D eigenvalue weighted by atomic mass is 9.68. The van der Waals surface area contributed by atoms with Crippen LogP contribution in [0.1, 0.15) is 56.2 Å². The number of halogens is 3. The molecular formula is C17H21F3O5S. The predicted octanol–water partition coefficient (Wildman–Crippen LogP) is 3.94. The zero-order valence-electron chi connectivity index (χ0n) is 14.9. The molecule has 0 aliphatic heterocycles. The van der Waals surface area contributed by atoms with Crippen molar-refractivity contribution in [1.29, 1.82) is 0 Å². The van der Waals surface area contributed by atoms with Crippen molar-refractivity contribution >= 4 is 16.1 Å². The van der Waals surface area contributed by atoms with Crippen LogP contribution in [-0.2, 0) is 25.1 Å². The molecule has 0 amide bonds. The van der Waals surface area contributed by atoms with E-state index in [0.717, 1.165) is 0 Å². The number of aryl methyl sites for hydroxylation is 1. The molecule has 1 aliphatic carbocycles. The van der Waals surface area contributed by atoms with E-state index in [4.69, 9.17) is 4.74 Å². The molecule has 0 radical (unpaired) electrons. The zero-order valence-corrected chi connectivity index (χ0v) is 15.8. The van der Waals surface area contributed by atoms with E-state index in [1.165, 1.54) is 19.1 Å². The molecule has 0 aromatic heterocycles. The summed E-state index contributed by atoms with van der Waals surface area (Å²) in [5, 5.41) is 0. The van der Waals surface area contributed by atoms with Crippen LogP contribution in [0.4, 0.5) is 13.2 Å². The van der Waals surface area contributed by atoms with Gasteiger partial charge in [0.15, 0.2) is 0 Å². The summed E-state index contributed by atoms with van der Waals surface area (Å²) in [6.45, 7) is 7.11. The van der Waals surface area contributed by atoms with Gasteiger partial charge in [0, 0.05) is 0 Å². The Balaban J connectivity index is 2.54. The maximum atomic E-state index is 12.6. The molecule has 0 fully saturated rings. The van der Waals surface area contributed by atoms with Crippen molar-refractivity contribution in [2.24, 2.45) is 0 Å². The molecule has 0 N–H and O–H groups in total. The van der Waals surface area contributed by atoms with E-state index in [-0.39, 0.29) is 12.2 Å². The van der Waals surface area contributed by atoms with Crippen molar-refractivity contribution in [3.05, 3.63) is 28.8 Å². The summed E-state index contributed by atoms with van der Waals surface area (Å²) in [7, 11) is -5.77. The number of esters is 1. The van der Waals surface area contributed by atoms with Crippen LogP contribution in [0.25, 0.3) is 0 Å². The minimum absolute atomic E-state index is 0.198. The number of fused-ring (bicyclic) bond motifs is 1. The number of alkyl halides is 3. The fraction of sp³-hybridized carbons (Fsp3) is 0.588. The van der Waals surface area contributed by atoms with Crippen molar-refractivity contribution in [2.45, 2.75) is 57.4 Å². The molecule has 0 bridgehead atoms. The summed E-state index contributed by atoms with van der Waals surface area (Å²) in [6, 6.07) is 2.80. The Morgan fingerprint density at radius 1 is 1.31 bits per heavy atom. The van der Waals surface area contributed by atoms with Crippen LogP contribution >= 0.6 is 0 Å². The Labute approximate surface area is 150 Å². The van der Waals surface area contributed by atoms with E-state index in [9.17, 15) is 26.4 Å².